The summed E-state index contributed by atoms with van der Waals surface area (Å²) >= 11 is 0. The Kier molecular flexibility index (Phi) is 6.56. The van der Waals surface area contributed by atoms with Crippen LogP contribution in [0, 0.1) is 5.41 Å². The number of carbonyl (C=O) groups is 2. The molecule has 138 valence electrons. The lowest BCUT2D eigenvalue weighted by atomic mass is 9.90. The highest BCUT2D eigenvalue weighted by atomic mass is 16.2. The molecular weight excluding hydrogens is 324 g/mol. The van der Waals surface area contributed by atoms with Crippen LogP contribution in [0.1, 0.15) is 44.7 Å². The van der Waals surface area contributed by atoms with Gasteiger partial charge in [-0.05, 0) is 43.4 Å². The van der Waals surface area contributed by atoms with Crippen LogP contribution in [-0.2, 0) is 16.0 Å². The van der Waals surface area contributed by atoms with Gasteiger partial charge in [0.15, 0.2) is 0 Å². The molecule has 4 nitrogen and oxygen atoms in total. The quantitative estimate of drug-likeness (QED) is 0.736. The van der Waals surface area contributed by atoms with Crippen molar-refractivity contribution >= 4 is 17.5 Å². The van der Waals surface area contributed by atoms with Gasteiger partial charge >= 0.3 is 0 Å². The molecule has 4 heteroatoms. The van der Waals surface area contributed by atoms with Crippen molar-refractivity contribution in [3.8, 4) is 0 Å². The van der Waals surface area contributed by atoms with Crippen LogP contribution >= 0.6 is 0 Å². The van der Waals surface area contributed by atoms with Gasteiger partial charge in [-0.3, -0.25) is 9.59 Å². The Labute approximate surface area is 156 Å². The van der Waals surface area contributed by atoms with Gasteiger partial charge < -0.3 is 10.6 Å². The first-order chi connectivity index (χ1) is 12.3. The van der Waals surface area contributed by atoms with Crippen molar-refractivity contribution < 1.29 is 9.59 Å². The van der Waals surface area contributed by atoms with Crippen LogP contribution < -0.4 is 10.6 Å². The first-order valence-corrected chi connectivity index (χ1v) is 9.05. The SMILES string of the molecule is CC(C)c1ccccc1NC(=O)C(C)(C)C(=O)NCCc1ccccc1. The smallest absolute Gasteiger partial charge is 0.239 e. The highest BCUT2D eigenvalue weighted by Gasteiger charge is 2.36. The lowest BCUT2D eigenvalue weighted by Crippen LogP contribution is -2.45. The van der Waals surface area contributed by atoms with Crippen LogP contribution in [0.4, 0.5) is 5.69 Å². The van der Waals surface area contributed by atoms with E-state index in [1.165, 1.54) is 0 Å². The summed E-state index contributed by atoms with van der Waals surface area (Å²) in [6.45, 7) is 7.96. The van der Waals surface area contributed by atoms with Gasteiger partial charge in [0.05, 0.1) is 0 Å². The van der Waals surface area contributed by atoms with E-state index in [1.807, 2.05) is 54.6 Å². The summed E-state index contributed by atoms with van der Waals surface area (Å²) in [6, 6.07) is 17.6. The van der Waals surface area contributed by atoms with Crippen molar-refractivity contribution in [1.82, 2.24) is 5.32 Å². The van der Waals surface area contributed by atoms with Gasteiger partial charge in [0, 0.05) is 12.2 Å². The second kappa shape index (κ2) is 8.65. The third-order valence-corrected chi connectivity index (χ3v) is 4.51. The fourth-order valence-electron chi connectivity index (χ4n) is 2.68. The molecule has 2 aromatic rings. The number of rotatable bonds is 7. The van der Waals surface area contributed by atoms with Gasteiger partial charge in [0.1, 0.15) is 5.41 Å². The van der Waals surface area contributed by atoms with E-state index in [0.29, 0.717) is 6.54 Å². The highest BCUT2D eigenvalue weighted by Crippen LogP contribution is 2.26. The largest absolute Gasteiger partial charge is 0.355 e. The zero-order chi connectivity index (χ0) is 19.2. The molecule has 0 aliphatic heterocycles. The van der Waals surface area contributed by atoms with Gasteiger partial charge in [-0.1, -0.05) is 62.4 Å². The first kappa shape index (κ1) is 19.7. The Morgan fingerprint density at radius 3 is 2.19 bits per heavy atom. The number of hydrogen-bond acceptors (Lipinski definition) is 2. The maximum Gasteiger partial charge on any atom is 0.239 e. The molecule has 0 atom stereocenters. The molecule has 0 heterocycles. The van der Waals surface area contributed by atoms with E-state index in [-0.39, 0.29) is 17.7 Å². The number of anilines is 1. The van der Waals surface area contributed by atoms with Gasteiger partial charge in [-0.15, -0.1) is 0 Å². The van der Waals surface area contributed by atoms with Gasteiger partial charge in [-0.25, -0.2) is 0 Å². The third-order valence-electron chi connectivity index (χ3n) is 4.51. The zero-order valence-electron chi connectivity index (χ0n) is 16.0. The Morgan fingerprint density at radius 1 is 0.923 bits per heavy atom. The summed E-state index contributed by atoms with van der Waals surface area (Å²) in [5, 5.41) is 5.80. The standard InChI is InChI=1S/C22H28N2O2/c1-16(2)18-12-8-9-13-19(18)24-21(26)22(3,4)20(25)23-15-14-17-10-6-5-7-11-17/h5-13,16H,14-15H2,1-4H3,(H,23,25)(H,24,26). The molecule has 2 rings (SSSR count). The summed E-state index contributed by atoms with van der Waals surface area (Å²) in [4.78, 5) is 25.2. The van der Waals surface area contributed by atoms with Gasteiger partial charge in [0.25, 0.3) is 0 Å². The minimum Gasteiger partial charge on any atom is -0.355 e. The summed E-state index contributed by atoms with van der Waals surface area (Å²) < 4.78 is 0. The molecule has 2 amide bonds. The summed E-state index contributed by atoms with van der Waals surface area (Å²) in [7, 11) is 0. The second-order valence-corrected chi connectivity index (χ2v) is 7.31. The molecule has 0 saturated heterocycles. The van der Waals surface area contributed by atoms with E-state index in [2.05, 4.69) is 24.5 Å². The van der Waals surface area contributed by atoms with Crippen molar-refractivity contribution in [3.63, 3.8) is 0 Å². The number of hydrogen-bond donors (Lipinski definition) is 2. The molecule has 0 aliphatic rings. The van der Waals surface area contributed by atoms with Crippen molar-refractivity contribution in [1.29, 1.82) is 0 Å². The van der Waals surface area contributed by atoms with E-state index < -0.39 is 5.41 Å². The average Bonchev–Trinajstić information content (AvgIpc) is 2.62. The maximum absolute atomic E-state index is 12.7. The van der Waals surface area contributed by atoms with Crippen LogP contribution in [0.15, 0.2) is 54.6 Å². The van der Waals surface area contributed by atoms with E-state index >= 15 is 0 Å². The van der Waals surface area contributed by atoms with E-state index in [0.717, 1.165) is 23.2 Å². The van der Waals surface area contributed by atoms with Crippen LogP contribution in [-0.4, -0.2) is 18.4 Å². The normalized spacial score (nSPS) is 11.3. The van der Waals surface area contributed by atoms with Gasteiger partial charge in [-0.2, -0.15) is 0 Å². The molecule has 0 fully saturated rings. The van der Waals surface area contributed by atoms with Crippen LogP contribution in [0.25, 0.3) is 0 Å². The summed E-state index contributed by atoms with van der Waals surface area (Å²) in [5.41, 5.74) is 1.82. The molecule has 0 aromatic heterocycles. The average molecular weight is 352 g/mol. The topological polar surface area (TPSA) is 58.2 Å². The Bertz CT molecular complexity index is 752. The van der Waals surface area contributed by atoms with Crippen LogP contribution in [0.3, 0.4) is 0 Å². The zero-order valence-corrected chi connectivity index (χ0v) is 16.0. The van der Waals surface area contributed by atoms with Crippen molar-refractivity contribution in [2.45, 2.75) is 40.0 Å². The minimum atomic E-state index is -1.15. The molecule has 0 spiro atoms. The van der Waals surface area contributed by atoms with Crippen molar-refractivity contribution in [2.24, 2.45) is 5.41 Å². The molecule has 0 radical (unpaired) electrons. The number of benzene rings is 2. The Hall–Kier alpha value is -2.62. The van der Waals surface area contributed by atoms with Crippen molar-refractivity contribution in [3.05, 3.63) is 65.7 Å². The number of nitrogens with one attached hydrogen (secondary N) is 2. The Balaban J connectivity index is 1.97. The molecule has 0 saturated carbocycles. The monoisotopic (exact) mass is 352 g/mol. The number of carbonyl (C=O) groups excluding carboxylic acids is 2. The third kappa shape index (κ3) is 4.94. The minimum absolute atomic E-state index is 0.270. The Morgan fingerprint density at radius 2 is 1.54 bits per heavy atom. The predicted octanol–water partition coefficient (Wildman–Crippen LogP) is 4.13. The highest BCUT2D eigenvalue weighted by molar-refractivity contribution is 6.10. The number of para-hydroxylation sites is 1. The van der Waals surface area contributed by atoms with E-state index in [4.69, 9.17) is 0 Å². The lowest BCUT2D eigenvalue weighted by molar-refractivity contribution is -0.138. The molecule has 26 heavy (non-hydrogen) atoms. The second-order valence-electron chi connectivity index (χ2n) is 7.31. The molecular formula is C22H28N2O2. The van der Waals surface area contributed by atoms with Crippen LogP contribution in [0.5, 0.6) is 0 Å². The molecule has 2 N–H and O–H groups in total. The molecule has 0 bridgehead atoms. The van der Waals surface area contributed by atoms with Crippen LogP contribution in [0.2, 0.25) is 0 Å². The predicted molar refractivity (Wildman–Crippen MR) is 106 cm³/mol. The lowest BCUT2D eigenvalue weighted by Gasteiger charge is -2.24. The molecule has 0 aliphatic carbocycles. The fourth-order valence-corrected chi connectivity index (χ4v) is 2.68. The molecule has 2 aromatic carbocycles. The van der Waals surface area contributed by atoms with Gasteiger partial charge in [0.2, 0.25) is 11.8 Å². The fraction of sp³-hybridized carbons (Fsp3) is 0.364. The van der Waals surface area contributed by atoms with E-state index in [1.54, 1.807) is 13.8 Å². The summed E-state index contributed by atoms with van der Waals surface area (Å²) in [5.74, 6) is -0.287. The van der Waals surface area contributed by atoms with E-state index in [9.17, 15) is 9.59 Å². The number of amides is 2. The van der Waals surface area contributed by atoms with Crippen molar-refractivity contribution in [2.75, 3.05) is 11.9 Å². The maximum atomic E-state index is 12.7. The summed E-state index contributed by atoms with van der Waals surface area (Å²) in [6.07, 6.45) is 0.737. The molecule has 0 unspecified atom stereocenters. The first-order valence-electron chi connectivity index (χ1n) is 9.05.